The zero-order valence-corrected chi connectivity index (χ0v) is 16.4. The van der Waals surface area contributed by atoms with Gasteiger partial charge in [0.05, 0.1) is 6.61 Å². The quantitative estimate of drug-likeness (QED) is 0.884. The van der Waals surface area contributed by atoms with E-state index in [1.165, 1.54) is 5.56 Å². The van der Waals surface area contributed by atoms with Gasteiger partial charge in [0.15, 0.2) is 0 Å². The highest BCUT2D eigenvalue weighted by molar-refractivity contribution is 5.73. The molecule has 1 aromatic heterocycles. The number of β-amino-alcohol motifs (C(OH)–C–C–N with tert-alkyl or cyclic N) is 1. The van der Waals surface area contributed by atoms with Crippen LogP contribution in [0.2, 0.25) is 0 Å². The van der Waals surface area contributed by atoms with Crippen LogP contribution in [0.3, 0.4) is 0 Å². The third kappa shape index (κ3) is 2.73. The number of aliphatic hydroxyl groups excluding tert-OH is 1. The van der Waals surface area contributed by atoms with E-state index in [4.69, 9.17) is 4.98 Å². The van der Waals surface area contributed by atoms with Crippen molar-refractivity contribution in [3.05, 3.63) is 47.2 Å². The average Bonchev–Trinajstić information content (AvgIpc) is 3.21. The van der Waals surface area contributed by atoms with Crippen molar-refractivity contribution in [1.29, 1.82) is 0 Å². The van der Waals surface area contributed by atoms with Gasteiger partial charge in [-0.2, -0.15) is 0 Å². The highest BCUT2D eigenvalue weighted by Crippen LogP contribution is 2.50. The largest absolute Gasteiger partial charge is 0.395 e. The summed E-state index contributed by atoms with van der Waals surface area (Å²) in [5.41, 5.74) is 4.47. The summed E-state index contributed by atoms with van der Waals surface area (Å²) >= 11 is 0. The molecule has 2 aliphatic heterocycles. The number of hydrogen-bond acceptors (Lipinski definition) is 5. The zero-order chi connectivity index (χ0) is 19.3. The fourth-order valence-corrected chi connectivity index (χ4v) is 5.58. The van der Waals surface area contributed by atoms with Gasteiger partial charge in [-0.25, -0.2) is 14.4 Å². The summed E-state index contributed by atoms with van der Waals surface area (Å²) in [5, 5.41) is 9.43. The lowest BCUT2D eigenvalue weighted by Crippen LogP contribution is -2.49. The van der Waals surface area contributed by atoms with Gasteiger partial charge in [-0.05, 0) is 61.9 Å². The fourth-order valence-electron chi connectivity index (χ4n) is 5.58. The molecule has 2 unspecified atom stereocenters. The van der Waals surface area contributed by atoms with Gasteiger partial charge < -0.3 is 14.9 Å². The highest BCUT2D eigenvalue weighted by atomic mass is 19.1. The summed E-state index contributed by atoms with van der Waals surface area (Å²) in [6, 6.07) is 5.20. The van der Waals surface area contributed by atoms with Crippen LogP contribution in [0.5, 0.6) is 0 Å². The minimum atomic E-state index is -0.180. The van der Waals surface area contributed by atoms with Crippen LogP contribution < -0.4 is 4.90 Å². The molecule has 3 heterocycles. The van der Waals surface area contributed by atoms with E-state index in [1.807, 2.05) is 6.07 Å². The molecule has 1 aliphatic carbocycles. The van der Waals surface area contributed by atoms with Crippen LogP contribution in [-0.4, -0.2) is 52.8 Å². The molecule has 0 amide bonds. The number of anilines is 2. The summed E-state index contributed by atoms with van der Waals surface area (Å²) in [4.78, 5) is 13.8. The smallest absolute Gasteiger partial charge is 0.140 e. The number of aliphatic hydroxyl groups is 1. The second-order valence-electron chi connectivity index (χ2n) is 8.63. The van der Waals surface area contributed by atoms with Crippen LogP contribution in [0.25, 0.3) is 0 Å². The van der Waals surface area contributed by atoms with Gasteiger partial charge in [0.1, 0.15) is 18.0 Å². The van der Waals surface area contributed by atoms with Crippen molar-refractivity contribution in [2.24, 2.45) is 0 Å². The number of halogens is 1. The molecule has 2 aromatic rings. The summed E-state index contributed by atoms with van der Waals surface area (Å²) in [6.45, 7) is 5.74. The maximum atomic E-state index is 14.3. The Morgan fingerprint density at radius 3 is 3.04 bits per heavy atom. The third-order valence-corrected chi connectivity index (χ3v) is 6.86. The minimum Gasteiger partial charge on any atom is -0.395 e. The Hall–Kier alpha value is -2.05. The summed E-state index contributed by atoms with van der Waals surface area (Å²) in [6.07, 6.45) is 5.89. The number of nitrogens with zero attached hydrogens (tertiary/aromatic N) is 4. The summed E-state index contributed by atoms with van der Waals surface area (Å²) in [5.74, 6) is 1.27. The van der Waals surface area contributed by atoms with Gasteiger partial charge in [-0.15, -0.1) is 0 Å². The molecule has 1 fully saturated rings. The van der Waals surface area contributed by atoms with Crippen molar-refractivity contribution >= 4 is 11.5 Å². The molecule has 5 rings (SSSR count). The molecular weight excluding hydrogens is 355 g/mol. The van der Waals surface area contributed by atoms with E-state index in [0.717, 1.165) is 68.1 Å². The Balaban J connectivity index is 1.61. The summed E-state index contributed by atoms with van der Waals surface area (Å²) < 4.78 is 14.3. The van der Waals surface area contributed by atoms with Gasteiger partial charge >= 0.3 is 0 Å². The normalized spacial score (nSPS) is 26.7. The molecule has 1 saturated heterocycles. The Bertz CT molecular complexity index is 902. The van der Waals surface area contributed by atoms with Crippen LogP contribution in [0.15, 0.2) is 24.5 Å². The van der Waals surface area contributed by atoms with Crippen LogP contribution >= 0.6 is 0 Å². The van der Waals surface area contributed by atoms with E-state index in [0.29, 0.717) is 12.5 Å². The number of aryl methyl sites for hydroxylation is 1. The molecule has 1 spiro atoms. The van der Waals surface area contributed by atoms with Crippen molar-refractivity contribution < 1.29 is 9.50 Å². The molecule has 148 valence electrons. The van der Waals surface area contributed by atoms with Crippen molar-refractivity contribution in [3.63, 3.8) is 0 Å². The predicted octanol–water partition coefficient (Wildman–Crippen LogP) is 3.14. The average molecular weight is 382 g/mol. The molecule has 3 aliphatic rings. The number of fused-ring (bicyclic) bond motifs is 3. The second kappa shape index (κ2) is 6.78. The fraction of sp³-hybridized carbons (Fsp3) is 0.545. The molecular formula is C22H27FN4O. The number of likely N-dealkylation sites (tertiary alicyclic amines) is 1. The van der Waals surface area contributed by atoms with Crippen molar-refractivity contribution in [2.75, 3.05) is 37.7 Å². The van der Waals surface area contributed by atoms with E-state index in [2.05, 4.69) is 21.7 Å². The molecule has 0 bridgehead atoms. The van der Waals surface area contributed by atoms with E-state index in [9.17, 15) is 9.50 Å². The van der Waals surface area contributed by atoms with Crippen LogP contribution in [0.4, 0.5) is 15.9 Å². The highest BCUT2D eigenvalue weighted by Gasteiger charge is 2.47. The van der Waals surface area contributed by atoms with Gasteiger partial charge in [-0.3, -0.25) is 0 Å². The Morgan fingerprint density at radius 1 is 1.29 bits per heavy atom. The Labute approximate surface area is 165 Å². The first-order valence-corrected chi connectivity index (χ1v) is 10.4. The van der Waals surface area contributed by atoms with E-state index < -0.39 is 0 Å². The van der Waals surface area contributed by atoms with E-state index in [1.54, 1.807) is 18.5 Å². The monoisotopic (exact) mass is 382 g/mol. The minimum absolute atomic E-state index is 0.121. The van der Waals surface area contributed by atoms with Gasteiger partial charge in [0.25, 0.3) is 0 Å². The first kappa shape index (κ1) is 18.0. The van der Waals surface area contributed by atoms with Crippen molar-refractivity contribution in [2.45, 2.75) is 43.9 Å². The lowest BCUT2D eigenvalue weighted by molar-refractivity contribution is 0.126. The van der Waals surface area contributed by atoms with Crippen LogP contribution in [0, 0.1) is 5.82 Å². The molecule has 0 saturated carbocycles. The number of hydrogen-bond donors (Lipinski definition) is 1. The first-order valence-electron chi connectivity index (χ1n) is 10.4. The predicted molar refractivity (Wildman–Crippen MR) is 107 cm³/mol. The van der Waals surface area contributed by atoms with E-state index >= 15 is 0 Å². The number of rotatable bonds is 3. The maximum Gasteiger partial charge on any atom is 0.140 e. The van der Waals surface area contributed by atoms with Gasteiger partial charge in [0, 0.05) is 42.0 Å². The molecule has 1 N–H and O–H groups in total. The Kier molecular flexibility index (Phi) is 4.36. The number of piperidine rings is 1. The van der Waals surface area contributed by atoms with E-state index in [-0.39, 0.29) is 17.8 Å². The SMILES string of the molecule is CC1CCc2ncnc(N3CC4(CCCN(CCO)C4)c4cc(F)ccc43)c21. The lowest BCUT2D eigenvalue weighted by Gasteiger charge is -2.41. The van der Waals surface area contributed by atoms with Gasteiger partial charge in [-0.1, -0.05) is 6.92 Å². The zero-order valence-electron chi connectivity index (χ0n) is 16.4. The first-order chi connectivity index (χ1) is 13.6. The molecule has 0 radical (unpaired) electrons. The maximum absolute atomic E-state index is 14.3. The third-order valence-electron chi connectivity index (χ3n) is 6.86. The topological polar surface area (TPSA) is 52.5 Å². The Morgan fingerprint density at radius 2 is 2.18 bits per heavy atom. The lowest BCUT2D eigenvalue weighted by atomic mass is 9.75. The molecule has 28 heavy (non-hydrogen) atoms. The molecule has 2 atom stereocenters. The molecule has 5 nitrogen and oxygen atoms in total. The van der Waals surface area contributed by atoms with Crippen molar-refractivity contribution in [1.82, 2.24) is 14.9 Å². The second-order valence-corrected chi connectivity index (χ2v) is 8.63. The standard InChI is InChI=1S/C22H27FN4O/c1-15-3-5-18-20(15)21(25-14-24-18)27-13-22(7-2-8-26(12-22)9-10-28)17-11-16(23)4-6-19(17)27/h4,6,11,14-15,28H,2-3,5,7-10,12-13H2,1H3. The van der Waals surface area contributed by atoms with Crippen LogP contribution in [-0.2, 0) is 11.8 Å². The number of benzene rings is 1. The molecule has 1 aromatic carbocycles. The van der Waals surface area contributed by atoms with Gasteiger partial charge in [0.2, 0.25) is 0 Å². The van der Waals surface area contributed by atoms with Crippen LogP contribution in [0.1, 0.15) is 48.9 Å². The van der Waals surface area contributed by atoms with Crippen molar-refractivity contribution in [3.8, 4) is 0 Å². The summed E-state index contributed by atoms with van der Waals surface area (Å²) in [7, 11) is 0. The molecule has 6 heteroatoms. The number of aromatic nitrogens is 2.